The van der Waals surface area contributed by atoms with Crippen molar-refractivity contribution in [3.05, 3.63) is 36.0 Å². The van der Waals surface area contributed by atoms with Gasteiger partial charge in [-0.2, -0.15) is 5.10 Å². The molecule has 0 fully saturated rings. The van der Waals surface area contributed by atoms with Crippen molar-refractivity contribution >= 4 is 27.5 Å². The number of carbonyl (C=O) groups is 1. The molecule has 112 valence electrons. The second-order valence-corrected chi connectivity index (χ2v) is 5.88. The normalized spacial score (nSPS) is 11.1. The molecule has 9 heteroatoms. The van der Waals surface area contributed by atoms with E-state index in [2.05, 4.69) is 14.6 Å². The number of anilines is 2. The van der Waals surface area contributed by atoms with Gasteiger partial charge in [-0.05, 0) is 18.2 Å². The lowest BCUT2D eigenvalue weighted by Gasteiger charge is -2.08. The summed E-state index contributed by atoms with van der Waals surface area (Å²) in [7, 11) is -1.07. The summed E-state index contributed by atoms with van der Waals surface area (Å²) in [5.74, 6) is -0.661. The van der Waals surface area contributed by atoms with Gasteiger partial charge in [0, 0.05) is 18.9 Å². The SMILES string of the molecule is COC(=O)c1cccc(NS(=O)(=O)c2cn(C)nc2N)c1. The summed E-state index contributed by atoms with van der Waals surface area (Å²) >= 11 is 0. The van der Waals surface area contributed by atoms with E-state index in [1.807, 2.05) is 0 Å². The van der Waals surface area contributed by atoms with Gasteiger partial charge in [-0.1, -0.05) is 6.07 Å². The van der Waals surface area contributed by atoms with Gasteiger partial charge in [0.2, 0.25) is 0 Å². The summed E-state index contributed by atoms with van der Waals surface area (Å²) in [6.45, 7) is 0. The predicted octanol–water partition coefficient (Wildman–Crippen LogP) is 0.590. The van der Waals surface area contributed by atoms with E-state index < -0.39 is 16.0 Å². The molecular formula is C12H14N4O4S. The molecule has 1 aromatic heterocycles. The maximum Gasteiger partial charge on any atom is 0.337 e. The second kappa shape index (κ2) is 5.44. The molecular weight excluding hydrogens is 296 g/mol. The van der Waals surface area contributed by atoms with Crippen LogP contribution in [-0.4, -0.2) is 31.3 Å². The first-order chi connectivity index (χ1) is 9.83. The molecule has 8 nitrogen and oxygen atoms in total. The van der Waals surface area contributed by atoms with Crippen molar-refractivity contribution in [1.82, 2.24) is 9.78 Å². The highest BCUT2D eigenvalue weighted by Gasteiger charge is 2.21. The van der Waals surface area contributed by atoms with Gasteiger partial charge in [0.05, 0.1) is 12.7 Å². The molecule has 0 saturated heterocycles. The van der Waals surface area contributed by atoms with Crippen molar-refractivity contribution in [3.63, 3.8) is 0 Å². The molecule has 0 atom stereocenters. The van der Waals surface area contributed by atoms with E-state index in [9.17, 15) is 13.2 Å². The number of nitrogen functional groups attached to an aromatic ring is 1. The number of hydrogen-bond acceptors (Lipinski definition) is 6. The Bertz CT molecular complexity index is 782. The minimum absolute atomic E-state index is 0.103. The highest BCUT2D eigenvalue weighted by Crippen LogP contribution is 2.20. The Morgan fingerprint density at radius 3 is 2.71 bits per heavy atom. The number of benzene rings is 1. The number of sulfonamides is 1. The molecule has 2 aromatic rings. The molecule has 0 aliphatic rings. The van der Waals surface area contributed by atoms with Gasteiger partial charge in [-0.15, -0.1) is 0 Å². The molecule has 0 unspecified atom stereocenters. The third-order valence-corrected chi connectivity index (χ3v) is 4.05. The number of nitrogens with one attached hydrogen (secondary N) is 1. The zero-order valence-corrected chi connectivity index (χ0v) is 12.2. The van der Waals surface area contributed by atoms with Crippen LogP contribution >= 0.6 is 0 Å². The number of methoxy groups -OCH3 is 1. The first-order valence-corrected chi connectivity index (χ1v) is 7.32. The topological polar surface area (TPSA) is 116 Å². The Morgan fingerprint density at radius 2 is 2.14 bits per heavy atom. The molecule has 0 spiro atoms. The third-order valence-electron chi connectivity index (χ3n) is 2.65. The van der Waals surface area contributed by atoms with Gasteiger partial charge in [0.1, 0.15) is 4.90 Å². The highest BCUT2D eigenvalue weighted by molar-refractivity contribution is 7.92. The number of aryl methyl sites for hydroxylation is 1. The predicted molar refractivity (Wildman–Crippen MR) is 76.2 cm³/mol. The van der Waals surface area contributed by atoms with Crippen LogP contribution in [0.5, 0.6) is 0 Å². The Hall–Kier alpha value is -2.55. The maximum atomic E-state index is 12.2. The zero-order valence-electron chi connectivity index (χ0n) is 11.4. The largest absolute Gasteiger partial charge is 0.465 e. The Balaban J connectivity index is 2.33. The first kappa shape index (κ1) is 14.9. The number of rotatable bonds is 4. The Kier molecular flexibility index (Phi) is 3.85. The fraction of sp³-hybridized carbons (Fsp3) is 0.167. The van der Waals surface area contributed by atoms with Gasteiger partial charge in [0.15, 0.2) is 5.82 Å². The van der Waals surface area contributed by atoms with Gasteiger partial charge in [0.25, 0.3) is 10.0 Å². The Morgan fingerprint density at radius 1 is 1.43 bits per heavy atom. The number of nitrogens with two attached hydrogens (primary N) is 1. The standard InChI is InChI=1S/C12H14N4O4S/c1-16-7-10(11(13)14-16)21(18,19)15-9-5-3-4-8(6-9)12(17)20-2/h3-7,15H,1-2H3,(H2,13,14). The van der Waals surface area contributed by atoms with Crippen LogP contribution in [0.25, 0.3) is 0 Å². The first-order valence-electron chi connectivity index (χ1n) is 5.84. The van der Waals surface area contributed by atoms with Gasteiger partial charge in [-0.3, -0.25) is 9.40 Å². The smallest absolute Gasteiger partial charge is 0.337 e. The van der Waals surface area contributed by atoms with Crippen LogP contribution in [0.15, 0.2) is 35.4 Å². The van der Waals surface area contributed by atoms with E-state index in [0.717, 1.165) is 0 Å². The summed E-state index contributed by atoms with van der Waals surface area (Å²) < 4.78 is 32.7. The molecule has 0 radical (unpaired) electrons. The van der Waals surface area contributed by atoms with E-state index in [4.69, 9.17) is 5.73 Å². The van der Waals surface area contributed by atoms with E-state index in [1.54, 1.807) is 7.05 Å². The number of esters is 1. The van der Waals surface area contributed by atoms with E-state index in [0.29, 0.717) is 0 Å². The maximum absolute atomic E-state index is 12.2. The monoisotopic (exact) mass is 310 g/mol. The van der Waals surface area contributed by atoms with Crippen molar-refractivity contribution in [2.75, 3.05) is 17.6 Å². The van der Waals surface area contributed by atoms with Crippen LogP contribution in [0.2, 0.25) is 0 Å². The average molecular weight is 310 g/mol. The van der Waals surface area contributed by atoms with Crippen LogP contribution in [0.4, 0.5) is 11.5 Å². The van der Waals surface area contributed by atoms with Crippen LogP contribution in [0.3, 0.4) is 0 Å². The van der Waals surface area contributed by atoms with E-state index in [1.165, 1.54) is 42.3 Å². The zero-order chi connectivity index (χ0) is 15.6. The molecule has 1 heterocycles. The average Bonchev–Trinajstić information content (AvgIpc) is 2.77. The summed E-state index contributed by atoms with van der Waals surface area (Å²) in [5, 5.41) is 3.78. The lowest BCUT2D eigenvalue weighted by molar-refractivity contribution is 0.0601. The second-order valence-electron chi connectivity index (χ2n) is 4.23. The highest BCUT2D eigenvalue weighted by atomic mass is 32.2. The molecule has 0 saturated carbocycles. The molecule has 0 aliphatic carbocycles. The van der Waals surface area contributed by atoms with Gasteiger partial charge in [-0.25, -0.2) is 13.2 Å². The van der Waals surface area contributed by atoms with Crippen LogP contribution in [-0.2, 0) is 21.8 Å². The van der Waals surface area contributed by atoms with Crippen molar-refractivity contribution in [1.29, 1.82) is 0 Å². The van der Waals surface area contributed by atoms with Crippen molar-refractivity contribution in [2.45, 2.75) is 4.90 Å². The number of aromatic nitrogens is 2. The molecule has 1 aromatic carbocycles. The quantitative estimate of drug-likeness (QED) is 0.798. The lowest BCUT2D eigenvalue weighted by atomic mass is 10.2. The van der Waals surface area contributed by atoms with Crippen molar-refractivity contribution < 1.29 is 17.9 Å². The summed E-state index contributed by atoms with van der Waals surface area (Å²) in [6.07, 6.45) is 1.29. The number of carbonyl (C=O) groups excluding carboxylic acids is 1. The molecule has 21 heavy (non-hydrogen) atoms. The molecule has 2 rings (SSSR count). The fourth-order valence-corrected chi connectivity index (χ4v) is 2.88. The van der Waals surface area contributed by atoms with Crippen LogP contribution < -0.4 is 10.5 Å². The third kappa shape index (κ3) is 3.14. The number of hydrogen-bond donors (Lipinski definition) is 2. The molecule has 0 bridgehead atoms. The number of ether oxygens (including phenoxy) is 1. The van der Waals surface area contributed by atoms with Crippen LogP contribution in [0.1, 0.15) is 10.4 Å². The summed E-state index contributed by atoms with van der Waals surface area (Å²) in [6, 6.07) is 5.94. The minimum atomic E-state index is -3.88. The fourth-order valence-electron chi connectivity index (χ4n) is 1.73. The van der Waals surface area contributed by atoms with E-state index >= 15 is 0 Å². The van der Waals surface area contributed by atoms with Crippen molar-refractivity contribution in [2.24, 2.45) is 7.05 Å². The summed E-state index contributed by atoms with van der Waals surface area (Å²) in [4.78, 5) is 11.3. The number of nitrogens with zero attached hydrogens (tertiary/aromatic N) is 2. The molecule has 0 amide bonds. The molecule has 3 N–H and O–H groups in total. The molecule has 0 aliphatic heterocycles. The lowest BCUT2D eigenvalue weighted by Crippen LogP contribution is -2.14. The van der Waals surface area contributed by atoms with E-state index in [-0.39, 0.29) is 22.0 Å². The van der Waals surface area contributed by atoms with Gasteiger partial charge >= 0.3 is 5.97 Å². The Labute approximate surface area is 121 Å². The minimum Gasteiger partial charge on any atom is -0.465 e. The van der Waals surface area contributed by atoms with Crippen molar-refractivity contribution in [3.8, 4) is 0 Å². The van der Waals surface area contributed by atoms with Crippen LogP contribution in [0, 0.1) is 0 Å². The van der Waals surface area contributed by atoms with Gasteiger partial charge < -0.3 is 10.5 Å². The summed E-state index contributed by atoms with van der Waals surface area (Å²) in [5.41, 5.74) is 6.01.